The van der Waals surface area contributed by atoms with Gasteiger partial charge in [0.15, 0.2) is 0 Å². The molecule has 3 aromatic rings. The first kappa shape index (κ1) is 15.8. The summed E-state index contributed by atoms with van der Waals surface area (Å²) < 4.78 is 47.2. The van der Waals surface area contributed by atoms with Crippen LogP contribution in [0.5, 0.6) is 11.5 Å². The lowest BCUT2D eigenvalue weighted by Crippen LogP contribution is -2.31. The third-order valence-corrected chi connectivity index (χ3v) is 5.52. The van der Waals surface area contributed by atoms with Crippen molar-refractivity contribution in [3.05, 3.63) is 89.7 Å². The zero-order valence-corrected chi connectivity index (χ0v) is 13.8. The summed E-state index contributed by atoms with van der Waals surface area (Å²) in [6, 6.07) is 18.7. The molecule has 1 N–H and O–H groups in total. The largest absolute Gasteiger partial charge is 0.457 e. The molecule has 25 heavy (non-hydrogen) atoms. The van der Waals surface area contributed by atoms with Gasteiger partial charge in [-0.1, -0.05) is 36.4 Å². The highest BCUT2D eigenvalue weighted by Crippen LogP contribution is 2.43. The van der Waals surface area contributed by atoms with E-state index < -0.39 is 21.9 Å². The number of benzene rings is 3. The molecule has 1 aliphatic rings. The molecule has 0 unspecified atom stereocenters. The summed E-state index contributed by atoms with van der Waals surface area (Å²) in [5, 5.41) is 0. The van der Waals surface area contributed by atoms with Gasteiger partial charge in [-0.3, -0.25) is 0 Å². The molecule has 4 rings (SSSR count). The predicted octanol–water partition coefficient (Wildman–Crippen LogP) is 4.00. The van der Waals surface area contributed by atoms with Crippen LogP contribution in [-0.4, -0.2) is 8.42 Å². The van der Waals surface area contributed by atoms with E-state index in [2.05, 4.69) is 4.72 Å². The fraction of sp³-hybridized carbons (Fsp3) is 0.0526. The predicted molar refractivity (Wildman–Crippen MR) is 91.5 cm³/mol. The summed E-state index contributed by atoms with van der Waals surface area (Å²) in [5.74, 6) is 0.724. The number of ether oxygens (including phenoxy) is 1. The van der Waals surface area contributed by atoms with Gasteiger partial charge in [0.05, 0.1) is 10.9 Å². The van der Waals surface area contributed by atoms with Crippen molar-refractivity contribution in [3.63, 3.8) is 0 Å². The van der Waals surface area contributed by atoms with Crippen molar-refractivity contribution in [1.82, 2.24) is 4.72 Å². The second-order valence-electron chi connectivity index (χ2n) is 5.69. The van der Waals surface area contributed by atoms with Crippen molar-refractivity contribution in [3.8, 4) is 11.5 Å². The van der Waals surface area contributed by atoms with Gasteiger partial charge in [0.25, 0.3) is 0 Å². The van der Waals surface area contributed by atoms with Gasteiger partial charge in [-0.05, 0) is 36.4 Å². The highest BCUT2D eigenvalue weighted by atomic mass is 32.2. The van der Waals surface area contributed by atoms with Crippen LogP contribution in [-0.2, 0) is 10.0 Å². The van der Waals surface area contributed by atoms with Crippen molar-refractivity contribution < 1.29 is 17.5 Å². The molecule has 0 spiro atoms. The van der Waals surface area contributed by atoms with Crippen LogP contribution in [0, 0.1) is 5.82 Å². The van der Waals surface area contributed by atoms with E-state index in [0.29, 0.717) is 11.5 Å². The van der Waals surface area contributed by atoms with Crippen molar-refractivity contribution in [2.75, 3.05) is 0 Å². The summed E-state index contributed by atoms with van der Waals surface area (Å²) in [6.45, 7) is 0. The molecule has 0 radical (unpaired) electrons. The molecule has 0 aliphatic carbocycles. The molecule has 0 atom stereocenters. The molecule has 1 heterocycles. The second-order valence-corrected chi connectivity index (χ2v) is 7.40. The molecule has 3 aromatic carbocycles. The number of nitrogens with one attached hydrogen (secondary N) is 1. The topological polar surface area (TPSA) is 55.4 Å². The molecule has 1 aliphatic heterocycles. The Morgan fingerprint density at radius 1 is 0.800 bits per heavy atom. The Hall–Kier alpha value is -2.70. The maximum absolute atomic E-state index is 13.1. The highest BCUT2D eigenvalue weighted by Gasteiger charge is 2.30. The zero-order valence-electron chi connectivity index (χ0n) is 13.0. The lowest BCUT2D eigenvalue weighted by Gasteiger charge is -2.28. The Morgan fingerprint density at radius 3 is 1.88 bits per heavy atom. The van der Waals surface area contributed by atoms with E-state index in [1.165, 1.54) is 12.1 Å². The molecule has 0 saturated carbocycles. The summed E-state index contributed by atoms with van der Waals surface area (Å²) in [4.78, 5) is 0.00959. The molecule has 0 aromatic heterocycles. The summed E-state index contributed by atoms with van der Waals surface area (Å²) in [7, 11) is -3.83. The Morgan fingerprint density at radius 2 is 1.32 bits per heavy atom. The lowest BCUT2D eigenvalue weighted by atomic mass is 9.95. The second kappa shape index (κ2) is 5.98. The molecule has 0 amide bonds. The molecule has 0 saturated heterocycles. The van der Waals surface area contributed by atoms with Gasteiger partial charge in [-0.25, -0.2) is 12.8 Å². The number of fused-ring (bicyclic) bond motifs is 2. The summed E-state index contributed by atoms with van der Waals surface area (Å²) in [6.07, 6.45) is 0. The van der Waals surface area contributed by atoms with E-state index in [4.69, 9.17) is 4.74 Å². The van der Waals surface area contributed by atoms with Crippen LogP contribution in [0.15, 0.2) is 77.7 Å². The normalized spacial score (nSPS) is 13.6. The van der Waals surface area contributed by atoms with Crippen LogP contribution in [0.4, 0.5) is 4.39 Å². The number of hydrogen-bond acceptors (Lipinski definition) is 3. The fourth-order valence-corrected chi connectivity index (χ4v) is 4.07. The van der Waals surface area contributed by atoms with Gasteiger partial charge in [-0.15, -0.1) is 0 Å². The number of sulfonamides is 1. The molecular weight excluding hydrogens is 341 g/mol. The van der Waals surface area contributed by atoms with Crippen molar-refractivity contribution >= 4 is 10.0 Å². The van der Waals surface area contributed by atoms with Crippen LogP contribution in [0.1, 0.15) is 17.2 Å². The van der Waals surface area contributed by atoms with E-state index in [0.717, 1.165) is 23.3 Å². The third kappa shape index (κ3) is 2.90. The van der Waals surface area contributed by atoms with Crippen molar-refractivity contribution in [2.45, 2.75) is 10.9 Å². The van der Waals surface area contributed by atoms with E-state index in [1.54, 1.807) is 12.1 Å². The first-order valence-corrected chi connectivity index (χ1v) is 9.16. The quantitative estimate of drug-likeness (QED) is 0.773. The van der Waals surface area contributed by atoms with Gasteiger partial charge in [0.1, 0.15) is 17.3 Å². The van der Waals surface area contributed by atoms with Gasteiger partial charge in [0.2, 0.25) is 10.0 Å². The molecule has 0 fully saturated rings. The van der Waals surface area contributed by atoms with Gasteiger partial charge >= 0.3 is 0 Å². The Balaban J connectivity index is 1.79. The van der Waals surface area contributed by atoms with Crippen LogP contribution < -0.4 is 9.46 Å². The minimum absolute atomic E-state index is 0.00959. The van der Waals surface area contributed by atoms with Gasteiger partial charge in [0, 0.05) is 11.1 Å². The average molecular weight is 355 g/mol. The maximum atomic E-state index is 13.1. The number of para-hydroxylation sites is 2. The van der Waals surface area contributed by atoms with Crippen LogP contribution >= 0.6 is 0 Å². The van der Waals surface area contributed by atoms with Crippen molar-refractivity contribution in [2.24, 2.45) is 0 Å². The average Bonchev–Trinajstić information content (AvgIpc) is 2.62. The monoisotopic (exact) mass is 355 g/mol. The molecule has 6 heteroatoms. The number of hydrogen-bond donors (Lipinski definition) is 1. The number of rotatable bonds is 3. The van der Waals surface area contributed by atoms with E-state index in [-0.39, 0.29) is 4.90 Å². The maximum Gasteiger partial charge on any atom is 0.241 e. The molecule has 0 bridgehead atoms. The SMILES string of the molecule is O=S(=O)(NC1c2ccccc2Oc2ccccc21)c1ccc(F)cc1. The molecular formula is C19H14FNO3S. The standard InChI is InChI=1S/C19H14FNO3S/c20-13-9-11-14(12-10-13)25(22,23)21-19-15-5-1-3-7-17(15)24-18-8-4-2-6-16(18)19/h1-12,19,21H. The van der Waals surface area contributed by atoms with Crippen LogP contribution in [0.3, 0.4) is 0 Å². The van der Waals surface area contributed by atoms with E-state index in [1.807, 2.05) is 36.4 Å². The zero-order chi connectivity index (χ0) is 17.4. The number of halogens is 1. The summed E-state index contributed by atoms with van der Waals surface area (Å²) in [5.41, 5.74) is 1.46. The fourth-order valence-electron chi connectivity index (χ4n) is 2.87. The van der Waals surface area contributed by atoms with Gasteiger partial charge in [-0.2, -0.15) is 4.72 Å². The van der Waals surface area contributed by atoms with Crippen LogP contribution in [0.25, 0.3) is 0 Å². The minimum atomic E-state index is -3.83. The molecule has 126 valence electrons. The summed E-state index contributed by atoms with van der Waals surface area (Å²) >= 11 is 0. The lowest BCUT2D eigenvalue weighted by molar-refractivity contribution is 0.440. The Bertz CT molecular complexity index is 987. The minimum Gasteiger partial charge on any atom is -0.457 e. The Labute approximate surface area is 144 Å². The Kier molecular flexibility index (Phi) is 3.78. The molecule has 4 nitrogen and oxygen atoms in total. The third-order valence-electron chi connectivity index (χ3n) is 4.08. The highest BCUT2D eigenvalue weighted by molar-refractivity contribution is 7.89. The van der Waals surface area contributed by atoms with E-state index >= 15 is 0 Å². The van der Waals surface area contributed by atoms with Crippen molar-refractivity contribution in [1.29, 1.82) is 0 Å². The van der Waals surface area contributed by atoms with E-state index in [9.17, 15) is 12.8 Å². The first-order chi connectivity index (χ1) is 12.0. The van der Waals surface area contributed by atoms with Crippen LogP contribution in [0.2, 0.25) is 0 Å². The smallest absolute Gasteiger partial charge is 0.241 e. The first-order valence-electron chi connectivity index (χ1n) is 7.68. The van der Waals surface area contributed by atoms with Gasteiger partial charge < -0.3 is 4.74 Å².